The number of nitrogens with zero attached hydrogens (tertiary/aromatic N) is 2. The first-order valence-corrected chi connectivity index (χ1v) is 12.9. The zero-order chi connectivity index (χ0) is 30.4. The number of amides is 1. The Morgan fingerprint density at radius 1 is 0.905 bits per heavy atom. The average Bonchev–Trinajstić information content (AvgIpc) is 3.41. The van der Waals surface area contributed by atoms with E-state index in [1.54, 1.807) is 36.4 Å². The maximum absolute atomic E-state index is 12.5. The molecule has 0 radical (unpaired) electrons. The molecule has 10 nitrogen and oxygen atoms in total. The Morgan fingerprint density at radius 3 is 2.24 bits per heavy atom. The maximum atomic E-state index is 12.5. The van der Waals surface area contributed by atoms with Gasteiger partial charge in [-0.3, -0.25) is 9.69 Å². The number of carboxylic acid groups (broad SMARTS) is 2. The van der Waals surface area contributed by atoms with Crippen LogP contribution in [0, 0.1) is 0 Å². The maximum Gasteiger partial charge on any atom is 0.490 e. The molecule has 1 fully saturated rings. The van der Waals surface area contributed by atoms with E-state index < -0.39 is 18.1 Å². The molecule has 3 aromatic rings. The minimum atomic E-state index is -5.08. The largest absolute Gasteiger partial charge is 0.490 e. The Labute approximate surface area is 242 Å². The van der Waals surface area contributed by atoms with Gasteiger partial charge in [0.05, 0.1) is 11.3 Å². The lowest BCUT2D eigenvalue weighted by molar-refractivity contribution is -0.192. The Kier molecular flexibility index (Phi) is 9.43. The van der Waals surface area contributed by atoms with Gasteiger partial charge in [0, 0.05) is 49.0 Å². The van der Waals surface area contributed by atoms with Crippen molar-refractivity contribution in [1.29, 1.82) is 0 Å². The van der Waals surface area contributed by atoms with Gasteiger partial charge in [0.2, 0.25) is 6.79 Å². The summed E-state index contributed by atoms with van der Waals surface area (Å²) in [5.74, 6) is -2.61. The van der Waals surface area contributed by atoms with Crippen molar-refractivity contribution in [2.75, 3.05) is 43.2 Å². The number of piperazine rings is 1. The number of fused-ring (bicyclic) bond motifs is 1. The van der Waals surface area contributed by atoms with Crippen LogP contribution in [0.2, 0.25) is 5.02 Å². The Hall–Kier alpha value is -4.49. The van der Waals surface area contributed by atoms with E-state index in [-0.39, 0.29) is 18.3 Å². The molecule has 3 aromatic carbocycles. The number of ether oxygens (including phenoxy) is 2. The van der Waals surface area contributed by atoms with E-state index in [1.807, 2.05) is 18.2 Å². The van der Waals surface area contributed by atoms with Gasteiger partial charge in [0.25, 0.3) is 5.91 Å². The molecule has 2 aliphatic heterocycles. The second-order valence-electron chi connectivity index (χ2n) is 9.26. The number of aromatic carboxylic acids is 1. The van der Waals surface area contributed by atoms with Gasteiger partial charge >= 0.3 is 18.1 Å². The second kappa shape index (κ2) is 13.0. The SMILES string of the molecule is O=C(Nc1ccc(N2CCN(Cc3ccc4c(c3)OCO4)CC2)c(C(=O)O)c1)c1cccc(Cl)c1.O=C(O)C(F)(F)F. The van der Waals surface area contributed by atoms with Crippen LogP contribution in [0.15, 0.2) is 60.7 Å². The fourth-order valence-corrected chi connectivity index (χ4v) is 4.53. The van der Waals surface area contributed by atoms with Crippen LogP contribution in [0.3, 0.4) is 0 Å². The molecular formula is C28H25ClF3N3O7. The summed E-state index contributed by atoms with van der Waals surface area (Å²) in [4.78, 5) is 37.9. The first-order chi connectivity index (χ1) is 19.9. The number of hydrogen-bond donors (Lipinski definition) is 3. The molecule has 0 aromatic heterocycles. The molecule has 5 rings (SSSR count). The fourth-order valence-electron chi connectivity index (χ4n) is 4.34. The zero-order valence-electron chi connectivity index (χ0n) is 21.9. The molecule has 0 saturated carbocycles. The summed E-state index contributed by atoms with van der Waals surface area (Å²) in [7, 11) is 0. The molecule has 2 heterocycles. The summed E-state index contributed by atoms with van der Waals surface area (Å²) in [5, 5.41) is 20.2. The topological polar surface area (TPSA) is 129 Å². The van der Waals surface area contributed by atoms with E-state index in [9.17, 15) is 27.9 Å². The van der Waals surface area contributed by atoms with Gasteiger partial charge in [0.1, 0.15) is 0 Å². The average molecular weight is 608 g/mol. The molecule has 0 spiro atoms. The number of benzene rings is 3. The lowest BCUT2D eigenvalue weighted by Gasteiger charge is -2.36. The highest BCUT2D eigenvalue weighted by Gasteiger charge is 2.38. The number of carboxylic acids is 2. The first kappa shape index (κ1) is 30.5. The molecule has 0 bridgehead atoms. The normalized spacial score (nSPS) is 14.5. The zero-order valence-corrected chi connectivity index (χ0v) is 22.6. The molecule has 1 saturated heterocycles. The van der Waals surface area contributed by atoms with Gasteiger partial charge in [0.15, 0.2) is 11.5 Å². The van der Waals surface area contributed by atoms with Crippen LogP contribution in [0.4, 0.5) is 24.5 Å². The fraction of sp³-hybridized carbons (Fsp3) is 0.250. The van der Waals surface area contributed by atoms with E-state index in [1.165, 1.54) is 6.07 Å². The van der Waals surface area contributed by atoms with E-state index in [2.05, 4.69) is 15.1 Å². The highest BCUT2D eigenvalue weighted by atomic mass is 35.5. The van der Waals surface area contributed by atoms with Crippen molar-refractivity contribution in [2.24, 2.45) is 0 Å². The quantitative estimate of drug-likeness (QED) is 0.356. The molecule has 1 amide bonds. The summed E-state index contributed by atoms with van der Waals surface area (Å²) in [5.41, 5.74) is 2.75. The number of anilines is 2. The van der Waals surface area contributed by atoms with Crippen LogP contribution in [-0.4, -0.2) is 72.1 Å². The highest BCUT2D eigenvalue weighted by molar-refractivity contribution is 6.31. The van der Waals surface area contributed by atoms with Gasteiger partial charge in [-0.25, -0.2) is 9.59 Å². The van der Waals surface area contributed by atoms with Gasteiger partial charge in [-0.15, -0.1) is 0 Å². The lowest BCUT2D eigenvalue weighted by Crippen LogP contribution is -2.46. The summed E-state index contributed by atoms with van der Waals surface area (Å²) in [6.07, 6.45) is -5.08. The Bertz CT molecular complexity index is 1480. The molecule has 0 aliphatic carbocycles. The summed E-state index contributed by atoms with van der Waals surface area (Å²) in [6, 6.07) is 17.5. The molecule has 0 atom stereocenters. The van der Waals surface area contributed by atoms with Gasteiger partial charge in [-0.2, -0.15) is 13.2 Å². The molecule has 0 unspecified atom stereocenters. The monoisotopic (exact) mass is 607 g/mol. The van der Waals surface area contributed by atoms with Crippen molar-refractivity contribution in [1.82, 2.24) is 4.90 Å². The summed E-state index contributed by atoms with van der Waals surface area (Å²) >= 11 is 5.97. The number of carbonyl (C=O) groups excluding carboxylic acids is 1. The minimum absolute atomic E-state index is 0.151. The van der Waals surface area contributed by atoms with Crippen LogP contribution in [0.25, 0.3) is 0 Å². The van der Waals surface area contributed by atoms with Crippen LogP contribution in [0.1, 0.15) is 26.3 Å². The van der Waals surface area contributed by atoms with Crippen molar-refractivity contribution < 1.29 is 47.2 Å². The highest BCUT2D eigenvalue weighted by Crippen LogP contribution is 2.33. The first-order valence-electron chi connectivity index (χ1n) is 12.5. The van der Waals surface area contributed by atoms with E-state index in [4.69, 9.17) is 31.0 Å². The summed E-state index contributed by atoms with van der Waals surface area (Å²) in [6.45, 7) is 4.01. The smallest absolute Gasteiger partial charge is 0.478 e. The predicted molar refractivity (Wildman–Crippen MR) is 147 cm³/mol. The predicted octanol–water partition coefficient (Wildman–Crippen LogP) is 4.97. The van der Waals surface area contributed by atoms with Crippen LogP contribution < -0.4 is 19.7 Å². The molecule has 3 N–H and O–H groups in total. The molecular weight excluding hydrogens is 583 g/mol. The number of aliphatic carboxylic acids is 1. The molecule has 2 aliphatic rings. The van der Waals surface area contributed by atoms with Crippen molar-refractivity contribution in [3.05, 3.63) is 82.4 Å². The number of nitrogens with one attached hydrogen (secondary N) is 1. The third-order valence-corrected chi connectivity index (χ3v) is 6.61. The van der Waals surface area contributed by atoms with E-state index in [0.29, 0.717) is 35.1 Å². The second-order valence-corrected chi connectivity index (χ2v) is 9.69. The van der Waals surface area contributed by atoms with Gasteiger partial charge < -0.3 is 29.9 Å². The van der Waals surface area contributed by atoms with E-state index in [0.717, 1.165) is 36.7 Å². The number of alkyl halides is 3. The standard InChI is InChI=1S/C26H24ClN3O5.C2HF3O2/c27-19-3-1-2-18(13-19)25(31)28-20-5-6-22(21(14-20)26(32)33)30-10-8-29(9-11-30)15-17-4-7-23-24(12-17)35-16-34-23;3-2(4,5)1(6)7/h1-7,12-14H,8-11,15-16H2,(H,28,31)(H,32,33);(H,6,7). The number of carbonyl (C=O) groups is 3. The number of hydrogen-bond acceptors (Lipinski definition) is 7. The van der Waals surface area contributed by atoms with Gasteiger partial charge in [-0.05, 0) is 54.1 Å². The van der Waals surface area contributed by atoms with Crippen LogP contribution in [0.5, 0.6) is 11.5 Å². The van der Waals surface area contributed by atoms with Crippen molar-refractivity contribution in [3.63, 3.8) is 0 Å². The Morgan fingerprint density at radius 2 is 1.60 bits per heavy atom. The third kappa shape index (κ3) is 7.83. The van der Waals surface area contributed by atoms with Crippen molar-refractivity contribution in [2.45, 2.75) is 12.7 Å². The molecule has 14 heteroatoms. The Balaban J connectivity index is 0.000000517. The van der Waals surface area contributed by atoms with Crippen LogP contribution in [-0.2, 0) is 11.3 Å². The molecule has 42 heavy (non-hydrogen) atoms. The van der Waals surface area contributed by atoms with Gasteiger partial charge in [-0.1, -0.05) is 23.7 Å². The lowest BCUT2D eigenvalue weighted by atomic mass is 10.1. The number of rotatable bonds is 6. The van der Waals surface area contributed by atoms with Crippen molar-refractivity contribution in [3.8, 4) is 11.5 Å². The number of halogens is 4. The third-order valence-electron chi connectivity index (χ3n) is 6.37. The molecule has 222 valence electrons. The minimum Gasteiger partial charge on any atom is -0.478 e. The van der Waals surface area contributed by atoms with Crippen molar-refractivity contribution >= 4 is 40.8 Å². The summed E-state index contributed by atoms with van der Waals surface area (Å²) < 4.78 is 42.6. The van der Waals surface area contributed by atoms with E-state index >= 15 is 0 Å². The van der Waals surface area contributed by atoms with Crippen LogP contribution >= 0.6 is 11.6 Å².